The SMILES string of the molecule is CCCn1nc(C)c([N+](=O)[O-])c1NN1CCN(C)CC1. The Kier molecular flexibility index (Phi) is 4.56. The molecule has 2 heterocycles. The average Bonchev–Trinajstić information content (AvgIpc) is 2.69. The molecule has 8 heteroatoms. The zero-order valence-corrected chi connectivity index (χ0v) is 12.3. The summed E-state index contributed by atoms with van der Waals surface area (Å²) < 4.78 is 1.70. The van der Waals surface area contributed by atoms with Crippen molar-refractivity contribution in [1.82, 2.24) is 19.7 Å². The molecule has 1 aromatic heterocycles. The van der Waals surface area contributed by atoms with Crippen LogP contribution >= 0.6 is 0 Å². The van der Waals surface area contributed by atoms with Crippen LogP contribution in [0.2, 0.25) is 0 Å². The predicted molar refractivity (Wildman–Crippen MR) is 76.6 cm³/mol. The van der Waals surface area contributed by atoms with Gasteiger partial charge in [-0.3, -0.25) is 15.5 Å². The number of hydrogen-bond donors (Lipinski definition) is 1. The van der Waals surface area contributed by atoms with Crippen LogP contribution < -0.4 is 5.43 Å². The number of aryl methyl sites for hydroxylation is 2. The van der Waals surface area contributed by atoms with Crippen molar-refractivity contribution < 1.29 is 4.92 Å². The normalized spacial score (nSPS) is 17.4. The van der Waals surface area contributed by atoms with Crippen molar-refractivity contribution in [2.75, 3.05) is 38.7 Å². The van der Waals surface area contributed by atoms with Gasteiger partial charge in [-0.2, -0.15) is 5.10 Å². The summed E-state index contributed by atoms with van der Waals surface area (Å²) in [5.74, 6) is 0.499. The number of nitrogens with zero attached hydrogens (tertiary/aromatic N) is 5. The Morgan fingerprint density at radius 2 is 2.00 bits per heavy atom. The first-order valence-corrected chi connectivity index (χ1v) is 6.95. The van der Waals surface area contributed by atoms with E-state index in [1.807, 2.05) is 11.9 Å². The molecule has 1 N–H and O–H groups in total. The summed E-state index contributed by atoms with van der Waals surface area (Å²) in [6.45, 7) is 7.95. The molecule has 0 spiro atoms. The average molecular weight is 282 g/mol. The molecule has 1 aliphatic heterocycles. The second kappa shape index (κ2) is 6.19. The Morgan fingerprint density at radius 3 is 2.55 bits per heavy atom. The number of rotatable bonds is 5. The van der Waals surface area contributed by atoms with Crippen LogP contribution in [-0.2, 0) is 6.54 Å². The summed E-state index contributed by atoms with van der Waals surface area (Å²) in [5, 5.41) is 17.5. The molecular formula is C12H22N6O2. The molecule has 0 bridgehead atoms. The Hall–Kier alpha value is -1.67. The van der Waals surface area contributed by atoms with Gasteiger partial charge in [0.15, 0.2) is 0 Å². The Morgan fingerprint density at radius 1 is 1.35 bits per heavy atom. The lowest BCUT2D eigenvalue weighted by atomic mass is 10.3. The van der Waals surface area contributed by atoms with Crippen molar-refractivity contribution in [3.63, 3.8) is 0 Å². The van der Waals surface area contributed by atoms with E-state index in [0.717, 1.165) is 32.6 Å². The fourth-order valence-electron chi connectivity index (χ4n) is 2.34. The van der Waals surface area contributed by atoms with E-state index >= 15 is 0 Å². The molecule has 0 unspecified atom stereocenters. The first-order valence-electron chi connectivity index (χ1n) is 6.95. The minimum Gasteiger partial charge on any atom is -0.304 e. The van der Waals surface area contributed by atoms with Gasteiger partial charge in [-0.25, -0.2) is 9.69 Å². The third kappa shape index (κ3) is 3.07. The molecule has 112 valence electrons. The smallest absolute Gasteiger partial charge is 0.304 e. The van der Waals surface area contributed by atoms with Gasteiger partial charge in [0, 0.05) is 32.7 Å². The molecule has 1 saturated heterocycles. The van der Waals surface area contributed by atoms with E-state index in [1.165, 1.54) is 0 Å². The lowest BCUT2D eigenvalue weighted by Gasteiger charge is -2.32. The number of likely N-dealkylation sites (N-methyl/N-ethyl adjacent to an activating group) is 1. The van der Waals surface area contributed by atoms with Gasteiger partial charge in [0.2, 0.25) is 5.82 Å². The van der Waals surface area contributed by atoms with Crippen LogP contribution in [0.1, 0.15) is 19.0 Å². The molecule has 1 aromatic rings. The summed E-state index contributed by atoms with van der Waals surface area (Å²) >= 11 is 0. The van der Waals surface area contributed by atoms with Crippen LogP contribution in [0, 0.1) is 17.0 Å². The first kappa shape index (κ1) is 14.7. The molecule has 0 radical (unpaired) electrons. The van der Waals surface area contributed by atoms with Gasteiger partial charge < -0.3 is 4.90 Å². The maximum atomic E-state index is 11.2. The fourth-order valence-corrected chi connectivity index (χ4v) is 2.34. The number of hydrogen-bond acceptors (Lipinski definition) is 6. The lowest BCUT2D eigenvalue weighted by molar-refractivity contribution is -0.384. The molecule has 0 aromatic carbocycles. The molecule has 0 aliphatic carbocycles. The Bertz CT molecular complexity index is 479. The second-order valence-electron chi connectivity index (χ2n) is 5.17. The molecule has 0 saturated carbocycles. The number of anilines is 1. The van der Waals surface area contributed by atoms with Gasteiger partial charge in [0.05, 0.1) is 4.92 Å². The minimum absolute atomic E-state index is 0.0809. The van der Waals surface area contributed by atoms with Crippen molar-refractivity contribution >= 4 is 11.5 Å². The highest BCUT2D eigenvalue weighted by Gasteiger charge is 2.27. The van der Waals surface area contributed by atoms with Gasteiger partial charge in [0.25, 0.3) is 0 Å². The number of aromatic nitrogens is 2. The van der Waals surface area contributed by atoms with Crippen molar-refractivity contribution in [3.05, 3.63) is 15.8 Å². The lowest BCUT2D eigenvalue weighted by Crippen LogP contribution is -2.47. The van der Waals surface area contributed by atoms with E-state index < -0.39 is 0 Å². The van der Waals surface area contributed by atoms with Crippen LogP contribution in [0.25, 0.3) is 0 Å². The van der Waals surface area contributed by atoms with Gasteiger partial charge in [-0.05, 0) is 20.4 Å². The van der Waals surface area contributed by atoms with E-state index in [4.69, 9.17) is 0 Å². The van der Waals surface area contributed by atoms with Gasteiger partial charge in [0.1, 0.15) is 5.69 Å². The predicted octanol–water partition coefficient (Wildman–Crippen LogP) is 1.08. The molecule has 1 aliphatic rings. The molecule has 2 rings (SSSR count). The number of hydrazine groups is 1. The van der Waals surface area contributed by atoms with Crippen LogP contribution in [0.4, 0.5) is 11.5 Å². The number of nitrogens with one attached hydrogen (secondary N) is 1. The minimum atomic E-state index is -0.354. The van der Waals surface area contributed by atoms with Crippen molar-refractivity contribution in [1.29, 1.82) is 0 Å². The maximum Gasteiger partial charge on any atom is 0.335 e. The van der Waals surface area contributed by atoms with Crippen LogP contribution in [-0.4, -0.2) is 57.8 Å². The largest absolute Gasteiger partial charge is 0.335 e. The van der Waals surface area contributed by atoms with Gasteiger partial charge in [-0.15, -0.1) is 0 Å². The monoisotopic (exact) mass is 282 g/mol. The quantitative estimate of drug-likeness (QED) is 0.643. The summed E-state index contributed by atoms with van der Waals surface area (Å²) in [4.78, 5) is 13.1. The summed E-state index contributed by atoms with van der Waals surface area (Å²) in [6.07, 6.45) is 0.885. The number of piperazine rings is 1. The van der Waals surface area contributed by atoms with E-state index in [9.17, 15) is 10.1 Å². The van der Waals surface area contributed by atoms with E-state index in [1.54, 1.807) is 11.6 Å². The molecular weight excluding hydrogens is 260 g/mol. The Balaban J connectivity index is 2.21. The van der Waals surface area contributed by atoms with Crippen LogP contribution in [0.3, 0.4) is 0 Å². The molecule has 1 fully saturated rings. The van der Waals surface area contributed by atoms with Crippen molar-refractivity contribution in [2.45, 2.75) is 26.8 Å². The highest BCUT2D eigenvalue weighted by molar-refractivity contribution is 5.59. The standard InChI is InChI=1S/C12H22N6O2/c1-4-5-17-12(11(18(19)20)10(2)13-17)14-16-8-6-15(3)7-9-16/h14H,4-9H2,1-3H3. The zero-order valence-electron chi connectivity index (χ0n) is 12.3. The molecule has 8 nitrogen and oxygen atoms in total. The van der Waals surface area contributed by atoms with Gasteiger partial charge in [-0.1, -0.05) is 6.92 Å². The zero-order chi connectivity index (χ0) is 14.7. The van der Waals surface area contributed by atoms with Crippen LogP contribution in [0.15, 0.2) is 0 Å². The van der Waals surface area contributed by atoms with Gasteiger partial charge >= 0.3 is 5.69 Å². The summed E-state index contributed by atoms with van der Waals surface area (Å²) in [5.41, 5.74) is 3.73. The highest BCUT2D eigenvalue weighted by Crippen LogP contribution is 2.28. The molecule has 0 amide bonds. The Labute approximate surface area is 118 Å². The second-order valence-corrected chi connectivity index (χ2v) is 5.17. The van der Waals surface area contributed by atoms with Crippen LogP contribution in [0.5, 0.6) is 0 Å². The summed E-state index contributed by atoms with van der Waals surface area (Å²) in [7, 11) is 2.07. The maximum absolute atomic E-state index is 11.2. The van der Waals surface area contributed by atoms with E-state index in [2.05, 4.69) is 22.5 Å². The molecule has 20 heavy (non-hydrogen) atoms. The topological polar surface area (TPSA) is 79.5 Å². The number of nitro groups is 1. The van der Waals surface area contributed by atoms with E-state index in [-0.39, 0.29) is 10.6 Å². The fraction of sp³-hybridized carbons (Fsp3) is 0.750. The van der Waals surface area contributed by atoms with E-state index in [0.29, 0.717) is 18.1 Å². The van der Waals surface area contributed by atoms with Crippen molar-refractivity contribution in [2.24, 2.45) is 0 Å². The third-order valence-electron chi connectivity index (χ3n) is 3.48. The first-order chi connectivity index (χ1) is 9.52. The molecule has 0 atom stereocenters. The van der Waals surface area contributed by atoms with Crippen molar-refractivity contribution in [3.8, 4) is 0 Å². The third-order valence-corrected chi connectivity index (χ3v) is 3.48. The highest BCUT2D eigenvalue weighted by atomic mass is 16.6. The summed E-state index contributed by atoms with van der Waals surface area (Å²) in [6, 6.07) is 0.